The number of hydrogen-bond donors (Lipinski definition) is 0. The first-order chi connectivity index (χ1) is 11.5. The monoisotopic (exact) mass is 343 g/mol. The van der Waals surface area contributed by atoms with Gasteiger partial charge in [0.05, 0.1) is 18.2 Å². The fourth-order valence-electron chi connectivity index (χ4n) is 3.07. The van der Waals surface area contributed by atoms with Crippen LogP contribution in [0.15, 0.2) is 29.8 Å². The Bertz CT molecular complexity index is 804. The van der Waals surface area contributed by atoms with Crippen LogP contribution in [0.1, 0.15) is 33.4 Å². The zero-order chi connectivity index (χ0) is 17.3. The van der Waals surface area contributed by atoms with Crippen LogP contribution >= 0.6 is 11.3 Å². The van der Waals surface area contributed by atoms with Crippen molar-refractivity contribution >= 4 is 23.2 Å². The fraction of sp³-hybridized carbons (Fsp3) is 0.353. The summed E-state index contributed by atoms with van der Waals surface area (Å²) in [4.78, 5) is 27.1. The zero-order valence-corrected chi connectivity index (χ0v) is 14.2. The first-order valence-corrected chi connectivity index (χ1v) is 8.42. The predicted molar refractivity (Wildman–Crippen MR) is 88.3 cm³/mol. The quantitative estimate of drug-likeness (QED) is 0.799. The number of amides is 1. The van der Waals surface area contributed by atoms with Gasteiger partial charge >= 0.3 is 5.97 Å². The molecule has 1 fully saturated rings. The SMILES string of the molecule is CN1C(=O)C[C@H](COC(=O)c2cc(C#N)cn2C)[C@H]1c1cccs1. The fourth-order valence-corrected chi connectivity index (χ4v) is 4.03. The van der Waals surface area contributed by atoms with Gasteiger partial charge in [-0.2, -0.15) is 5.26 Å². The van der Waals surface area contributed by atoms with Gasteiger partial charge in [-0.3, -0.25) is 4.79 Å². The molecule has 0 bridgehead atoms. The molecule has 2 atom stereocenters. The summed E-state index contributed by atoms with van der Waals surface area (Å²) >= 11 is 1.59. The number of hydrogen-bond acceptors (Lipinski definition) is 5. The first kappa shape index (κ1) is 16.3. The Morgan fingerprint density at radius 3 is 2.92 bits per heavy atom. The number of carbonyl (C=O) groups is 2. The highest BCUT2D eigenvalue weighted by molar-refractivity contribution is 7.10. The van der Waals surface area contributed by atoms with Crippen molar-refractivity contribution < 1.29 is 14.3 Å². The molecule has 1 aliphatic rings. The molecule has 124 valence electrons. The summed E-state index contributed by atoms with van der Waals surface area (Å²) in [6.07, 6.45) is 1.95. The van der Waals surface area contributed by atoms with Crippen molar-refractivity contribution in [2.75, 3.05) is 13.7 Å². The Kier molecular flexibility index (Phi) is 4.40. The first-order valence-electron chi connectivity index (χ1n) is 7.54. The molecule has 7 heteroatoms. The van der Waals surface area contributed by atoms with Crippen LogP contribution in [0.3, 0.4) is 0 Å². The molecular formula is C17H17N3O3S. The van der Waals surface area contributed by atoms with Crippen molar-refractivity contribution in [3.63, 3.8) is 0 Å². The van der Waals surface area contributed by atoms with Crippen LogP contribution in [0.5, 0.6) is 0 Å². The van der Waals surface area contributed by atoms with E-state index >= 15 is 0 Å². The number of rotatable bonds is 4. The highest BCUT2D eigenvalue weighted by atomic mass is 32.1. The van der Waals surface area contributed by atoms with Gasteiger partial charge in [-0.05, 0) is 17.5 Å². The van der Waals surface area contributed by atoms with Crippen molar-refractivity contribution in [3.05, 3.63) is 45.9 Å². The van der Waals surface area contributed by atoms with Gasteiger partial charge in [0.15, 0.2) is 0 Å². The largest absolute Gasteiger partial charge is 0.461 e. The Morgan fingerprint density at radius 2 is 2.29 bits per heavy atom. The highest BCUT2D eigenvalue weighted by Crippen LogP contribution is 2.39. The van der Waals surface area contributed by atoms with E-state index in [1.54, 1.807) is 41.1 Å². The molecule has 0 saturated carbocycles. The Hall–Kier alpha value is -2.59. The summed E-state index contributed by atoms with van der Waals surface area (Å²) in [7, 11) is 3.48. The number of likely N-dealkylation sites (tertiary alicyclic amines) is 1. The van der Waals surface area contributed by atoms with E-state index < -0.39 is 5.97 Å². The summed E-state index contributed by atoms with van der Waals surface area (Å²) in [6.45, 7) is 0.171. The van der Waals surface area contributed by atoms with E-state index in [1.165, 1.54) is 6.07 Å². The summed E-state index contributed by atoms with van der Waals surface area (Å²) in [6, 6.07) is 7.39. The lowest BCUT2D eigenvalue weighted by atomic mass is 10.00. The Labute approximate surface area is 143 Å². The summed E-state index contributed by atoms with van der Waals surface area (Å²) in [5, 5.41) is 10.9. The van der Waals surface area contributed by atoms with Gasteiger partial charge in [0, 0.05) is 37.5 Å². The predicted octanol–water partition coefficient (Wildman–Crippen LogP) is 2.33. The van der Waals surface area contributed by atoms with E-state index in [-0.39, 0.29) is 24.5 Å². The van der Waals surface area contributed by atoms with Gasteiger partial charge in [0.2, 0.25) is 5.91 Å². The second-order valence-corrected chi connectivity index (χ2v) is 6.84. The number of esters is 1. The third-order valence-electron chi connectivity index (χ3n) is 4.30. The number of aryl methyl sites for hydroxylation is 1. The van der Waals surface area contributed by atoms with Crippen LogP contribution in [0.25, 0.3) is 0 Å². The molecule has 0 N–H and O–H groups in total. The lowest BCUT2D eigenvalue weighted by molar-refractivity contribution is -0.127. The van der Waals surface area contributed by atoms with Crippen LogP contribution in [0.2, 0.25) is 0 Å². The molecule has 1 saturated heterocycles. The van der Waals surface area contributed by atoms with Gasteiger partial charge in [0.25, 0.3) is 0 Å². The minimum atomic E-state index is -0.481. The van der Waals surface area contributed by atoms with E-state index in [9.17, 15) is 9.59 Å². The average Bonchev–Trinajstić information content (AvgIpc) is 3.26. The van der Waals surface area contributed by atoms with E-state index in [0.29, 0.717) is 17.7 Å². The molecule has 0 unspecified atom stereocenters. The maximum Gasteiger partial charge on any atom is 0.354 e. The summed E-state index contributed by atoms with van der Waals surface area (Å²) in [5.41, 5.74) is 0.744. The molecular weight excluding hydrogens is 326 g/mol. The molecule has 0 spiro atoms. The lowest BCUT2D eigenvalue weighted by Gasteiger charge is -2.23. The normalized spacial score (nSPS) is 20.2. The summed E-state index contributed by atoms with van der Waals surface area (Å²) in [5.74, 6) is -0.494. The van der Waals surface area contributed by atoms with E-state index in [4.69, 9.17) is 10.00 Å². The molecule has 24 heavy (non-hydrogen) atoms. The van der Waals surface area contributed by atoms with Gasteiger partial charge in [0.1, 0.15) is 11.8 Å². The number of aromatic nitrogens is 1. The Morgan fingerprint density at radius 1 is 1.50 bits per heavy atom. The van der Waals surface area contributed by atoms with Crippen LogP contribution < -0.4 is 0 Å². The topological polar surface area (TPSA) is 75.3 Å². The maximum absolute atomic E-state index is 12.3. The van der Waals surface area contributed by atoms with Crippen LogP contribution in [0, 0.1) is 17.2 Å². The molecule has 6 nitrogen and oxygen atoms in total. The molecule has 0 radical (unpaired) electrons. The number of nitriles is 1. The third kappa shape index (κ3) is 2.93. The molecule has 3 rings (SSSR count). The summed E-state index contributed by atoms with van der Waals surface area (Å²) < 4.78 is 7.01. The van der Waals surface area contributed by atoms with Crippen molar-refractivity contribution in [1.82, 2.24) is 9.47 Å². The van der Waals surface area contributed by atoms with Gasteiger partial charge in [-0.1, -0.05) is 6.07 Å². The molecule has 3 heterocycles. The highest BCUT2D eigenvalue weighted by Gasteiger charge is 2.39. The molecule has 2 aromatic rings. The second kappa shape index (κ2) is 6.49. The van der Waals surface area contributed by atoms with Crippen LogP contribution in [-0.2, 0) is 16.6 Å². The lowest BCUT2D eigenvalue weighted by Crippen LogP contribution is -2.25. The Balaban J connectivity index is 1.71. The van der Waals surface area contributed by atoms with Crippen LogP contribution in [0.4, 0.5) is 0 Å². The smallest absolute Gasteiger partial charge is 0.354 e. The van der Waals surface area contributed by atoms with Gasteiger partial charge in [-0.25, -0.2) is 4.79 Å². The van der Waals surface area contributed by atoms with Crippen molar-refractivity contribution in [2.45, 2.75) is 12.5 Å². The van der Waals surface area contributed by atoms with Crippen molar-refractivity contribution in [3.8, 4) is 6.07 Å². The zero-order valence-electron chi connectivity index (χ0n) is 13.4. The number of thiophene rings is 1. The molecule has 1 amide bonds. The number of carbonyl (C=O) groups excluding carboxylic acids is 2. The third-order valence-corrected chi connectivity index (χ3v) is 5.24. The standard InChI is InChI=1S/C17H17N3O3S/c1-19-9-11(8-18)6-13(19)17(22)23-10-12-7-15(21)20(2)16(12)14-4-3-5-24-14/h3-6,9,12,16H,7,10H2,1-2H3/t12-,16+/m1/s1. The molecule has 1 aliphatic heterocycles. The molecule has 0 aromatic carbocycles. The maximum atomic E-state index is 12.3. The minimum Gasteiger partial charge on any atom is -0.461 e. The number of ether oxygens (including phenoxy) is 1. The van der Waals surface area contributed by atoms with Gasteiger partial charge in [-0.15, -0.1) is 11.3 Å². The second-order valence-electron chi connectivity index (χ2n) is 5.86. The molecule has 0 aliphatic carbocycles. The minimum absolute atomic E-state index is 0.0556. The van der Waals surface area contributed by atoms with Crippen molar-refractivity contribution in [2.24, 2.45) is 13.0 Å². The van der Waals surface area contributed by atoms with E-state index in [1.807, 2.05) is 23.6 Å². The van der Waals surface area contributed by atoms with E-state index in [2.05, 4.69) is 0 Å². The average molecular weight is 343 g/mol. The van der Waals surface area contributed by atoms with Crippen molar-refractivity contribution in [1.29, 1.82) is 5.26 Å². The number of nitrogens with zero attached hydrogens (tertiary/aromatic N) is 3. The van der Waals surface area contributed by atoms with E-state index in [0.717, 1.165) is 4.88 Å². The van der Waals surface area contributed by atoms with Crippen LogP contribution in [-0.4, -0.2) is 35.0 Å². The van der Waals surface area contributed by atoms with Gasteiger partial charge < -0.3 is 14.2 Å². The molecule has 2 aromatic heterocycles.